The quantitative estimate of drug-likeness (QED) is 0.578. The van der Waals surface area contributed by atoms with Crippen LogP contribution in [0, 0.1) is 5.82 Å². The second-order valence-electron chi connectivity index (χ2n) is 6.84. The van der Waals surface area contributed by atoms with E-state index in [0.717, 1.165) is 19.4 Å². The van der Waals surface area contributed by atoms with Crippen LogP contribution in [0.3, 0.4) is 0 Å². The highest BCUT2D eigenvalue weighted by Crippen LogP contribution is 2.40. The summed E-state index contributed by atoms with van der Waals surface area (Å²) in [5, 5.41) is -0.305. The van der Waals surface area contributed by atoms with Gasteiger partial charge in [-0.3, -0.25) is 4.90 Å². The van der Waals surface area contributed by atoms with Gasteiger partial charge in [0.2, 0.25) is 0 Å². The lowest BCUT2D eigenvalue weighted by Gasteiger charge is -2.30. The maximum absolute atomic E-state index is 14.4. The summed E-state index contributed by atoms with van der Waals surface area (Å²) in [6, 6.07) is -0.187. The van der Waals surface area contributed by atoms with E-state index in [9.17, 15) is 13.6 Å². The maximum Gasteiger partial charge on any atom is 0.357 e. The second-order valence-corrected chi connectivity index (χ2v) is 7.19. The minimum absolute atomic E-state index is 0.0708. The Kier molecular flexibility index (Phi) is 4.59. The lowest BCUT2D eigenvalue weighted by molar-refractivity contribution is 0.0593. The number of halogens is 3. The molecule has 2 aromatic rings. The molecule has 10 heteroatoms. The first kappa shape index (κ1) is 18.2. The van der Waals surface area contributed by atoms with Gasteiger partial charge in [-0.2, -0.15) is 9.97 Å². The molecule has 0 amide bonds. The molecule has 0 radical (unpaired) electrons. The standard InChI is InChI=1S/C17H17ClF2N4O3/c1-26-15(25)13-10-6-21-14(18)11(20)12(10)22-16(23-13)27-8-17-3-2-4-24(17)7-9(19)5-17/h6,9H,2-5,7-8H2,1H3/t9-,17+/m1/s1. The van der Waals surface area contributed by atoms with Crippen LogP contribution in [-0.4, -0.2) is 64.3 Å². The lowest BCUT2D eigenvalue weighted by atomic mass is 9.95. The Bertz CT molecular complexity index is 915. The van der Waals surface area contributed by atoms with Crippen LogP contribution in [0.15, 0.2) is 6.20 Å². The van der Waals surface area contributed by atoms with E-state index >= 15 is 0 Å². The van der Waals surface area contributed by atoms with Crippen molar-refractivity contribution in [2.45, 2.75) is 31.0 Å². The van der Waals surface area contributed by atoms with Crippen LogP contribution in [0.5, 0.6) is 6.01 Å². The Hall–Kier alpha value is -2.13. The Balaban J connectivity index is 1.69. The number of ether oxygens (including phenoxy) is 2. The van der Waals surface area contributed by atoms with Gasteiger partial charge in [0.25, 0.3) is 0 Å². The van der Waals surface area contributed by atoms with Gasteiger partial charge in [0.1, 0.15) is 18.3 Å². The largest absolute Gasteiger partial charge is 0.464 e. The first-order chi connectivity index (χ1) is 12.9. The third-order valence-corrected chi connectivity index (χ3v) is 5.49. The number of pyridine rings is 1. The molecule has 2 aromatic heterocycles. The van der Waals surface area contributed by atoms with Crippen molar-refractivity contribution < 1.29 is 23.0 Å². The van der Waals surface area contributed by atoms with E-state index in [1.807, 2.05) is 0 Å². The van der Waals surface area contributed by atoms with E-state index in [1.165, 1.54) is 13.3 Å². The number of fused-ring (bicyclic) bond motifs is 2. The molecule has 2 aliphatic heterocycles. The van der Waals surface area contributed by atoms with Gasteiger partial charge in [0.15, 0.2) is 16.7 Å². The Morgan fingerprint density at radius 2 is 2.30 bits per heavy atom. The number of rotatable bonds is 4. The highest BCUT2D eigenvalue weighted by atomic mass is 35.5. The van der Waals surface area contributed by atoms with Crippen LogP contribution >= 0.6 is 11.6 Å². The molecule has 2 fully saturated rings. The number of aromatic nitrogens is 3. The van der Waals surface area contributed by atoms with Crippen molar-refractivity contribution in [3.05, 3.63) is 22.9 Å². The fourth-order valence-corrected chi connectivity index (χ4v) is 4.12. The number of carbonyl (C=O) groups is 1. The molecule has 2 aliphatic rings. The molecule has 27 heavy (non-hydrogen) atoms. The van der Waals surface area contributed by atoms with Crippen molar-refractivity contribution >= 4 is 28.5 Å². The molecule has 7 nitrogen and oxygen atoms in total. The average molecular weight is 399 g/mol. The molecule has 2 saturated heterocycles. The summed E-state index contributed by atoms with van der Waals surface area (Å²) in [4.78, 5) is 25.9. The molecule has 2 atom stereocenters. The average Bonchev–Trinajstić information content (AvgIpc) is 3.17. The van der Waals surface area contributed by atoms with Crippen LogP contribution in [0.1, 0.15) is 29.8 Å². The van der Waals surface area contributed by atoms with Gasteiger partial charge in [-0.1, -0.05) is 11.6 Å². The molecule has 144 valence electrons. The van der Waals surface area contributed by atoms with E-state index in [-0.39, 0.29) is 34.4 Å². The van der Waals surface area contributed by atoms with Crippen molar-refractivity contribution in [3.63, 3.8) is 0 Å². The fraction of sp³-hybridized carbons (Fsp3) is 0.529. The van der Waals surface area contributed by atoms with Crippen molar-refractivity contribution in [2.24, 2.45) is 0 Å². The second kappa shape index (κ2) is 6.79. The van der Waals surface area contributed by atoms with Gasteiger partial charge in [-0.05, 0) is 19.4 Å². The summed E-state index contributed by atoms with van der Waals surface area (Å²) in [6.45, 7) is 1.34. The van der Waals surface area contributed by atoms with E-state index in [2.05, 4.69) is 19.9 Å². The molecule has 0 aromatic carbocycles. The molecule has 0 N–H and O–H groups in total. The first-order valence-electron chi connectivity index (χ1n) is 8.55. The molecular formula is C17H17ClF2N4O3. The third kappa shape index (κ3) is 3.08. The molecule has 0 unspecified atom stereocenters. The van der Waals surface area contributed by atoms with Crippen LogP contribution in [-0.2, 0) is 4.74 Å². The van der Waals surface area contributed by atoms with Gasteiger partial charge < -0.3 is 9.47 Å². The van der Waals surface area contributed by atoms with Crippen LogP contribution in [0.2, 0.25) is 5.15 Å². The van der Waals surface area contributed by atoms with Gasteiger partial charge >= 0.3 is 12.0 Å². The molecule has 4 rings (SSSR count). The number of alkyl halides is 1. The predicted octanol–water partition coefficient (Wildman–Crippen LogP) is 2.56. The number of hydrogen-bond donors (Lipinski definition) is 0. The summed E-state index contributed by atoms with van der Waals surface area (Å²) in [5.41, 5.74) is -0.774. The topological polar surface area (TPSA) is 77.4 Å². The first-order valence-corrected chi connectivity index (χ1v) is 8.93. The minimum atomic E-state index is -0.903. The lowest BCUT2D eigenvalue weighted by Crippen LogP contribution is -2.43. The molecule has 0 spiro atoms. The summed E-state index contributed by atoms with van der Waals surface area (Å²) < 4.78 is 38.7. The van der Waals surface area contributed by atoms with Crippen LogP contribution < -0.4 is 4.74 Å². The van der Waals surface area contributed by atoms with E-state index in [0.29, 0.717) is 13.0 Å². The van der Waals surface area contributed by atoms with Crippen LogP contribution in [0.25, 0.3) is 10.9 Å². The van der Waals surface area contributed by atoms with E-state index in [4.69, 9.17) is 21.1 Å². The molecule has 4 heterocycles. The van der Waals surface area contributed by atoms with E-state index < -0.39 is 23.5 Å². The summed E-state index contributed by atoms with van der Waals surface area (Å²) in [6.07, 6.45) is 2.43. The fourth-order valence-electron chi connectivity index (χ4n) is 3.98. The summed E-state index contributed by atoms with van der Waals surface area (Å²) in [5.74, 6) is -1.65. The minimum Gasteiger partial charge on any atom is -0.464 e. The highest BCUT2D eigenvalue weighted by molar-refractivity contribution is 6.30. The van der Waals surface area contributed by atoms with Gasteiger partial charge in [-0.15, -0.1) is 0 Å². The molecular weight excluding hydrogens is 382 g/mol. The Labute approximate surface area is 158 Å². The smallest absolute Gasteiger partial charge is 0.357 e. The zero-order valence-corrected chi connectivity index (χ0v) is 15.3. The third-order valence-electron chi connectivity index (χ3n) is 5.23. The Morgan fingerprint density at radius 1 is 1.48 bits per heavy atom. The Morgan fingerprint density at radius 3 is 3.07 bits per heavy atom. The maximum atomic E-state index is 14.4. The normalized spacial score (nSPS) is 25.0. The zero-order valence-electron chi connectivity index (χ0n) is 14.5. The SMILES string of the molecule is COC(=O)c1nc(OC[C@@]23CCCN2C[C@H](F)C3)nc2c(F)c(Cl)ncc12. The predicted molar refractivity (Wildman–Crippen MR) is 92.2 cm³/mol. The van der Waals surface area contributed by atoms with Gasteiger partial charge in [-0.25, -0.2) is 18.6 Å². The zero-order chi connectivity index (χ0) is 19.2. The van der Waals surface area contributed by atoms with Crippen molar-refractivity contribution in [2.75, 3.05) is 26.8 Å². The molecule has 0 aliphatic carbocycles. The van der Waals surface area contributed by atoms with Gasteiger partial charge in [0, 0.05) is 19.2 Å². The van der Waals surface area contributed by atoms with Crippen molar-refractivity contribution in [1.82, 2.24) is 19.9 Å². The number of carbonyl (C=O) groups excluding carboxylic acids is 1. The van der Waals surface area contributed by atoms with Crippen molar-refractivity contribution in [1.29, 1.82) is 0 Å². The monoisotopic (exact) mass is 398 g/mol. The number of hydrogen-bond acceptors (Lipinski definition) is 7. The highest BCUT2D eigenvalue weighted by Gasteiger charge is 2.49. The van der Waals surface area contributed by atoms with Crippen molar-refractivity contribution in [3.8, 4) is 6.01 Å². The number of methoxy groups -OCH3 is 1. The van der Waals surface area contributed by atoms with Gasteiger partial charge in [0.05, 0.1) is 18.0 Å². The van der Waals surface area contributed by atoms with E-state index in [1.54, 1.807) is 0 Å². The summed E-state index contributed by atoms with van der Waals surface area (Å²) >= 11 is 5.72. The number of nitrogens with zero attached hydrogens (tertiary/aromatic N) is 4. The number of esters is 1. The summed E-state index contributed by atoms with van der Waals surface area (Å²) in [7, 11) is 1.19. The molecule has 0 saturated carbocycles. The molecule has 0 bridgehead atoms. The van der Waals surface area contributed by atoms with Crippen LogP contribution in [0.4, 0.5) is 8.78 Å².